The van der Waals surface area contributed by atoms with Crippen molar-refractivity contribution in [1.29, 1.82) is 0 Å². The minimum Gasteiger partial charge on any atom is -0.405 e. The van der Waals surface area contributed by atoms with Gasteiger partial charge in [0.2, 0.25) is 0 Å². The third kappa shape index (κ3) is 4.08. The van der Waals surface area contributed by atoms with E-state index in [1.807, 2.05) is 42.5 Å². The fourth-order valence-corrected chi connectivity index (χ4v) is 3.42. The predicted octanol–water partition coefficient (Wildman–Crippen LogP) is 4.38. The maximum absolute atomic E-state index is 12.2. The molecule has 2 N–H and O–H groups in total. The van der Waals surface area contributed by atoms with Crippen molar-refractivity contribution >= 4 is 31.3 Å². The molecule has 3 nitrogen and oxygen atoms in total. The minimum absolute atomic E-state index is 0.726. The largest absolute Gasteiger partial charge is 0.405 e. The zero-order chi connectivity index (χ0) is 18.0. The molecule has 0 radical (unpaired) electrons. The number of benzene rings is 1. The maximum Gasteiger partial charge on any atom is 0.156 e. The van der Waals surface area contributed by atoms with Gasteiger partial charge in [0, 0.05) is 10.7 Å². The third-order valence-electron chi connectivity index (χ3n) is 4.30. The van der Waals surface area contributed by atoms with Crippen LogP contribution in [0.4, 0.5) is 0 Å². The number of nitrogens with two attached hydrogens (primary N) is 1. The molecule has 0 aliphatic heterocycles. The Morgan fingerprint density at radius 3 is 2.54 bits per heavy atom. The molecule has 1 aliphatic carbocycles. The van der Waals surface area contributed by atoms with E-state index in [-0.39, 0.29) is 0 Å². The van der Waals surface area contributed by atoms with Gasteiger partial charge in [-0.1, -0.05) is 46.3 Å². The number of sulfone groups is 1. The molecule has 24 heavy (non-hydrogen) atoms. The van der Waals surface area contributed by atoms with Gasteiger partial charge in [-0.25, -0.2) is 8.42 Å². The zero-order valence-electron chi connectivity index (χ0n) is 14.1. The Hall–Kier alpha value is -1.59. The van der Waals surface area contributed by atoms with E-state index in [1.54, 1.807) is 19.9 Å². The molecule has 0 fully saturated rings. The van der Waals surface area contributed by atoms with Gasteiger partial charge >= 0.3 is 0 Å². The lowest BCUT2D eigenvalue weighted by Gasteiger charge is -2.28. The maximum atomic E-state index is 12.2. The molecule has 5 heteroatoms. The summed E-state index contributed by atoms with van der Waals surface area (Å²) in [6, 6.07) is 8.02. The van der Waals surface area contributed by atoms with Crippen LogP contribution in [0.25, 0.3) is 5.57 Å². The highest BCUT2D eigenvalue weighted by atomic mass is 79.9. The van der Waals surface area contributed by atoms with Crippen molar-refractivity contribution < 1.29 is 8.42 Å². The van der Waals surface area contributed by atoms with Crippen LogP contribution >= 0.6 is 15.9 Å². The average molecular weight is 408 g/mol. The monoisotopic (exact) mass is 407 g/mol. The Morgan fingerprint density at radius 2 is 1.96 bits per heavy atom. The van der Waals surface area contributed by atoms with Gasteiger partial charge in [-0.3, -0.25) is 0 Å². The van der Waals surface area contributed by atoms with Gasteiger partial charge in [0.05, 0.1) is 4.75 Å². The summed E-state index contributed by atoms with van der Waals surface area (Å²) in [5.74, 6) is 0. The van der Waals surface area contributed by atoms with E-state index in [0.29, 0.717) is 0 Å². The van der Waals surface area contributed by atoms with Crippen molar-refractivity contribution in [2.45, 2.75) is 25.0 Å². The second-order valence-electron chi connectivity index (χ2n) is 6.37. The van der Waals surface area contributed by atoms with Gasteiger partial charge in [-0.2, -0.15) is 0 Å². The van der Waals surface area contributed by atoms with Crippen molar-refractivity contribution in [3.8, 4) is 0 Å². The van der Waals surface area contributed by atoms with Crippen molar-refractivity contribution in [2.75, 3.05) is 6.26 Å². The Kier molecular flexibility index (Phi) is 5.56. The van der Waals surface area contributed by atoms with Crippen molar-refractivity contribution in [3.63, 3.8) is 0 Å². The first-order valence-corrected chi connectivity index (χ1v) is 10.3. The Bertz CT molecular complexity index is 859. The molecule has 0 unspecified atom stereocenters. The molecule has 0 aromatic heterocycles. The van der Waals surface area contributed by atoms with E-state index < -0.39 is 14.6 Å². The standard InChI is InChI=1S/C19H22BrNO2S/c1-19(2,24(3,22)23)17-11-14(6-5-9-21)10-16(12-17)15-7-4-8-18(20)13-15/h4-9,11-13H,10,21H2,1-3H3/b9-5-,14-6+. The molecule has 0 spiro atoms. The first-order valence-electron chi connectivity index (χ1n) is 7.61. The van der Waals surface area contributed by atoms with Crippen LogP contribution in [0.1, 0.15) is 25.8 Å². The normalized spacial score (nSPS) is 17.9. The summed E-state index contributed by atoms with van der Waals surface area (Å²) in [7, 11) is -3.25. The van der Waals surface area contributed by atoms with E-state index in [2.05, 4.69) is 15.9 Å². The van der Waals surface area contributed by atoms with Crippen LogP contribution in [-0.2, 0) is 9.84 Å². The van der Waals surface area contributed by atoms with Crippen LogP contribution in [0, 0.1) is 0 Å². The van der Waals surface area contributed by atoms with Crippen LogP contribution in [0.5, 0.6) is 0 Å². The fraction of sp³-hybridized carbons (Fsp3) is 0.263. The Labute approximate surface area is 152 Å². The number of rotatable bonds is 4. The summed E-state index contributed by atoms with van der Waals surface area (Å²) in [5.41, 5.74) is 9.40. The summed E-state index contributed by atoms with van der Waals surface area (Å²) in [6.07, 6.45) is 11.1. The molecule has 0 bridgehead atoms. The lowest BCUT2D eigenvalue weighted by molar-refractivity contribution is 0.574. The van der Waals surface area contributed by atoms with E-state index >= 15 is 0 Å². The summed E-state index contributed by atoms with van der Waals surface area (Å²) in [5, 5.41) is 0. The Balaban J connectivity index is 2.59. The van der Waals surface area contributed by atoms with Crippen molar-refractivity contribution in [1.82, 2.24) is 0 Å². The lowest BCUT2D eigenvalue weighted by atomic mass is 9.86. The van der Waals surface area contributed by atoms with Crippen molar-refractivity contribution in [3.05, 3.63) is 76.0 Å². The fourth-order valence-electron chi connectivity index (χ4n) is 2.47. The van der Waals surface area contributed by atoms with Gasteiger partial charge in [0.15, 0.2) is 9.84 Å². The molecular formula is C19H22BrNO2S. The van der Waals surface area contributed by atoms with Crippen LogP contribution in [-0.4, -0.2) is 19.4 Å². The topological polar surface area (TPSA) is 60.2 Å². The van der Waals surface area contributed by atoms with Crippen LogP contribution < -0.4 is 5.73 Å². The van der Waals surface area contributed by atoms with E-state index in [0.717, 1.165) is 33.2 Å². The highest BCUT2D eigenvalue weighted by Crippen LogP contribution is 2.37. The quantitative estimate of drug-likeness (QED) is 0.804. The van der Waals surface area contributed by atoms with Gasteiger partial charge < -0.3 is 5.73 Å². The summed E-state index contributed by atoms with van der Waals surface area (Å²) >= 11 is 3.49. The van der Waals surface area contributed by atoms with Crippen LogP contribution in [0.3, 0.4) is 0 Å². The molecule has 1 aliphatic rings. The molecule has 1 aromatic carbocycles. The van der Waals surface area contributed by atoms with E-state index in [9.17, 15) is 8.42 Å². The first-order chi connectivity index (χ1) is 11.1. The van der Waals surface area contributed by atoms with Gasteiger partial charge in [-0.05, 0) is 67.0 Å². The average Bonchev–Trinajstić information content (AvgIpc) is 2.51. The van der Waals surface area contributed by atoms with Gasteiger partial charge in [-0.15, -0.1) is 0 Å². The molecule has 0 saturated carbocycles. The first kappa shape index (κ1) is 18.7. The lowest BCUT2D eigenvalue weighted by Crippen LogP contribution is -2.33. The summed E-state index contributed by atoms with van der Waals surface area (Å²) in [6.45, 7) is 3.48. The van der Waals surface area contributed by atoms with E-state index in [4.69, 9.17) is 5.73 Å². The second kappa shape index (κ2) is 7.11. The highest BCUT2D eigenvalue weighted by molar-refractivity contribution is 9.10. The number of halogens is 1. The van der Waals surface area contributed by atoms with Crippen LogP contribution in [0.2, 0.25) is 0 Å². The molecule has 2 rings (SSSR count). The summed E-state index contributed by atoms with van der Waals surface area (Å²) < 4.78 is 24.5. The van der Waals surface area contributed by atoms with Crippen molar-refractivity contribution in [2.24, 2.45) is 5.73 Å². The van der Waals surface area contributed by atoms with Crippen LogP contribution in [0.15, 0.2) is 70.4 Å². The smallest absolute Gasteiger partial charge is 0.156 e. The molecule has 0 amide bonds. The molecule has 0 heterocycles. The Morgan fingerprint density at radius 1 is 1.25 bits per heavy atom. The van der Waals surface area contributed by atoms with Gasteiger partial charge in [0.1, 0.15) is 0 Å². The highest BCUT2D eigenvalue weighted by Gasteiger charge is 2.34. The molecule has 128 valence electrons. The minimum atomic E-state index is -3.25. The van der Waals surface area contributed by atoms with E-state index in [1.165, 1.54) is 12.5 Å². The predicted molar refractivity (Wildman–Crippen MR) is 105 cm³/mol. The molecular weight excluding hydrogens is 386 g/mol. The number of hydrogen-bond acceptors (Lipinski definition) is 3. The number of hydrogen-bond donors (Lipinski definition) is 1. The number of allylic oxidation sites excluding steroid dienone is 6. The SMILES string of the molecule is CC(C)(C1=C/C(=C/C=C\N)CC(c2cccc(Br)c2)=C1)S(C)(=O)=O. The zero-order valence-corrected chi connectivity index (χ0v) is 16.5. The molecule has 1 aromatic rings. The third-order valence-corrected chi connectivity index (χ3v) is 6.89. The molecule has 0 atom stereocenters. The van der Waals surface area contributed by atoms with Gasteiger partial charge in [0.25, 0.3) is 0 Å². The molecule has 0 saturated heterocycles. The second-order valence-corrected chi connectivity index (χ2v) is 9.85. The summed E-state index contributed by atoms with van der Waals surface area (Å²) in [4.78, 5) is 0.